The molecule has 0 saturated carbocycles. The number of methoxy groups -OCH3 is 2. The van der Waals surface area contributed by atoms with Crippen LogP contribution in [0.25, 0.3) is 0 Å². The first kappa shape index (κ1) is 66.2. The van der Waals surface area contributed by atoms with Gasteiger partial charge in [-0.3, -0.25) is 4.79 Å². The summed E-state index contributed by atoms with van der Waals surface area (Å²) in [5, 5.41) is 35.1. The van der Waals surface area contributed by atoms with Gasteiger partial charge in [0.25, 0.3) is 0 Å². The molecule has 0 aliphatic rings. The first-order valence-electron chi connectivity index (χ1n) is 11.8. The number of hydrogen-bond acceptors (Lipinski definition) is 8. The number of carbonyl (C=O) groups is 2. The maximum Gasteiger partial charge on any atom is 2.00 e. The van der Waals surface area contributed by atoms with E-state index in [1.165, 1.54) is 21.1 Å². The molecule has 0 aromatic heterocycles. The van der Waals surface area contributed by atoms with Crippen LogP contribution in [0.4, 0.5) is 0 Å². The molecule has 0 radical (unpaired) electrons. The number of ketones is 1. The molecule has 3 aromatic rings. The average Bonchev–Trinajstić information content (AvgIpc) is 2.98. The summed E-state index contributed by atoms with van der Waals surface area (Å²) in [6.07, 6.45) is 0. The van der Waals surface area contributed by atoms with E-state index in [4.69, 9.17) is 39.9 Å². The molecule has 0 aliphatic heterocycles. The van der Waals surface area contributed by atoms with Gasteiger partial charge in [-0.05, 0) is 6.92 Å². The van der Waals surface area contributed by atoms with Crippen molar-refractivity contribution < 1.29 is 122 Å². The first-order chi connectivity index (χ1) is 21.0. The van der Waals surface area contributed by atoms with Crippen molar-refractivity contribution in [2.24, 2.45) is 0 Å². The molecular weight excluding hydrogens is 1130 g/mol. The van der Waals surface area contributed by atoms with Crippen LogP contribution in [-0.2, 0) is 96.6 Å². The summed E-state index contributed by atoms with van der Waals surface area (Å²) in [5.41, 5.74) is 3.22. The van der Waals surface area contributed by atoms with Gasteiger partial charge in [0.15, 0.2) is 5.78 Å². The molecule has 0 heterocycles. The average molecular weight is 1170 g/mol. The Morgan fingerprint density at radius 3 is 0.809 bits per heavy atom. The van der Waals surface area contributed by atoms with Crippen molar-refractivity contribution in [2.45, 2.75) is 6.92 Å². The monoisotopic (exact) mass is 1170 g/mol. The molecule has 260 valence electrons. The van der Waals surface area contributed by atoms with E-state index in [-0.39, 0.29) is 82.2 Å². The molecule has 0 saturated heterocycles. The van der Waals surface area contributed by atoms with Crippen molar-refractivity contribution in [3.63, 3.8) is 0 Å². The molecular formula is C32H42O12W3. The van der Waals surface area contributed by atoms with Crippen LogP contribution in [0.5, 0.6) is 0 Å². The van der Waals surface area contributed by atoms with Crippen molar-refractivity contribution in [1.29, 1.82) is 0 Å². The van der Waals surface area contributed by atoms with Crippen molar-refractivity contribution >= 4 is 31.2 Å². The minimum atomic E-state index is -0.933. The Labute approximate surface area is 321 Å². The number of rotatable bonds is 4. The molecule has 5 N–H and O–H groups in total. The van der Waals surface area contributed by atoms with E-state index in [1.54, 1.807) is 0 Å². The van der Waals surface area contributed by atoms with Crippen LogP contribution in [0, 0.1) is 20.8 Å². The quantitative estimate of drug-likeness (QED) is 0.236. The molecule has 47 heavy (non-hydrogen) atoms. The Morgan fingerprint density at radius 1 is 0.574 bits per heavy atom. The molecule has 3 rings (SSSR count). The Bertz CT molecular complexity index is 865. The number of hydrogen-bond donors (Lipinski definition) is 5. The standard InChI is InChI=1S/3C7H7.C4H8O2.C3H6O3.3CHO2.CH4O.3W/c3*1-7-5-3-2-4-6-7;1-4(5)3-6-2;1-6-2-3(4)5;3*2-1-3;1-2;;;/h3*2-6H,1H2;3H2,1-2H3;2H2,1H3,(H,4,5);3*(H,2,3);2H,1H3;;;/q3*-1;;;3*-1;;3*+2. The summed E-state index contributed by atoms with van der Waals surface area (Å²) < 4.78 is 8.66. The van der Waals surface area contributed by atoms with Gasteiger partial charge >= 0.3 is 69.2 Å². The van der Waals surface area contributed by atoms with Crippen molar-refractivity contribution in [3.05, 3.63) is 128 Å². The van der Waals surface area contributed by atoms with E-state index in [9.17, 15) is 9.59 Å². The third-order valence-corrected chi connectivity index (χ3v) is 3.14. The third kappa shape index (κ3) is 99.2. The zero-order valence-electron chi connectivity index (χ0n) is 26.5. The van der Waals surface area contributed by atoms with E-state index in [0.717, 1.165) is 23.8 Å². The molecule has 3 aromatic carbocycles. The molecule has 12 nitrogen and oxygen atoms in total. The van der Waals surface area contributed by atoms with E-state index in [0.29, 0.717) is 19.4 Å². The smallest absolute Gasteiger partial charge is 0.665 e. The van der Waals surface area contributed by atoms with Gasteiger partial charge in [0.1, 0.15) is 13.2 Å². The maximum absolute atomic E-state index is 9.92. The van der Waals surface area contributed by atoms with Crippen molar-refractivity contribution in [3.8, 4) is 0 Å². The summed E-state index contributed by atoms with van der Waals surface area (Å²) in [4.78, 5) is 44.1. The molecule has 0 amide bonds. The molecule has 0 atom stereocenters. The number of carbonyl (C=O) groups excluding carboxylic acids is 1. The van der Waals surface area contributed by atoms with Gasteiger partial charge in [-0.1, -0.05) is 37.6 Å². The molecule has 0 fully saturated rings. The summed E-state index contributed by atoms with van der Waals surface area (Å²) >= 11 is 0. The zero-order valence-corrected chi connectivity index (χ0v) is 35.3. The predicted octanol–water partition coefficient (Wildman–Crippen LogP) is 3.98. The first-order valence-corrected chi connectivity index (χ1v) is 11.8. The van der Waals surface area contributed by atoms with Crippen molar-refractivity contribution in [2.75, 3.05) is 34.5 Å². The SMILES string of the molecule is CO.COCC(=O)O.COCC(C)=O.O=[C-]O.O=[C-]O.O=[C-]O.[CH2-]c1ccccc1.[CH2-]c1ccccc1.[CH2-]c1ccccc1.[W+2].[W+2].[W+2]. The summed E-state index contributed by atoms with van der Waals surface area (Å²) in [6.45, 7) is 14.2. The summed E-state index contributed by atoms with van der Waals surface area (Å²) in [7, 11) is 3.84. The van der Waals surface area contributed by atoms with E-state index in [1.807, 2.05) is 91.0 Å². The second-order valence-electron chi connectivity index (χ2n) is 6.69. The van der Waals surface area contributed by atoms with Crippen LogP contribution in [0.3, 0.4) is 0 Å². The second kappa shape index (κ2) is 65.4. The van der Waals surface area contributed by atoms with Crippen LogP contribution in [0.15, 0.2) is 91.0 Å². The van der Waals surface area contributed by atoms with Crippen LogP contribution in [0.1, 0.15) is 23.6 Å². The van der Waals surface area contributed by atoms with Gasteiger partial charge in [-0.15, -0.1) is 36.4 Å². The second-order valence-corrected chi connectivity index (χ2v) is 6.69. The number of Topliss-reactive ketones (excluding diaryl/α,β-unsaturated/α-hetero) is 1. The van der Waals surface area contributed by atoms with Gasteiger partial charge < -0.3 is 49.4 Å². The number of aliphatic carboxylic acids is 1. The topological polar surface area (TPSA) is 205 Å². The number of carboxylic acid groups (broad SMARTS) is 1. The maximum atomic E-state index is 9.92. The van der Waals surface area contributed by atoms with Gasteiger partial charge in [-0.25, -0.2) is 4.79 Å². The number of benzene rings is 3. The number of aliphatic hydroxyl groups is 1. The van der Waals surface area contributed by atoms with Crippen molar-refractivity contribution in [1.82, 2.24) is 0 Å². The number of ether oxygens (including phenoxy) is 2. The number of carboxylic acids is 1. The van der Waals surface area contributed by atoms with Crippen LogP contribution < -0.4 is 0 Å². The normalized spacial score (nSPS) is 6.83. The van der Waals surface area contributed by atoms with E-state index in [2.05, 4.69) is 30.2 Å². The minimum absolute atomic E-state index is 0. The Balaban J connectivity index is -0.0000000503. The molecule has 0 aliphatic carbocycles. The van der Waals surface area contributed by atoms with E-state index < -0.39 is 5.97 Å². The number of aliphatic hydroxyl groups excluding tert-OH is 4. The Hall–Kier alpha value is -3.24. The van der Waals surface area contributed by atoms with Crippen LogP contribution in [0.2, 0.25) is 0 Å². The van der Waals surface area contributed by atoms with Crippen LogP contribution in [-0.4, -0.2) is 91.2 Å². The molecule has 0 bridgehead atoms. The summed E-state index contributed by atoms with van der Waals surface area (Å²) in [5.74, 6) is -0.866. The predicted molar refractivity (Wildman–Crippen MR) is 168 cm³/mol. The van der Waals surface area contributed by atoms with Crippen LogP contribution >= 0.6 is 0 Å². The summed E-state index contributed by atoms with van der Waals surface area (Å²) in [6, 6.07) is 29.6. The zero-order chi connectivity index (χ0) is 35.4. The molecule has 15 heteroatoms. The van der Waals surface area contributed by atoms with Gasteiger partial charge in [0.05, 0.1) is 0 Å². The van der Waals surface area contributed by atoms with Gasteiger partial charge in [0, 0.05) is 21.3 Å². The minimum Gasteiger partial charge on any atom is -0.665 e. The Morgan fingerprint density at radius 2 is 0.766 bits per heavy atom. The fourth-order valence-corrected chi connectivity index (χ4v) is 1.76. The Kier molecular flexibility index (Phi) is 92.2. The molecule has 0 spiro atoms. The fraction of sp³-hybridized carbons (Fsp3) is 0.188. The van der Waals surface area contributed by atoms with Gasteiger partial charge in [0.2, 0.25) is 0 Å². The fourth-order valence-electron chi connectivity index (χ4n) is 1.76. The molecule has 0 unspecified atom stereocenters. The van der Waals surface area contributed by atoms with Gasteiger partial charge in [-0.2, -0.15) is 73.9 Å². The third-order valence-electron chi connectivity index (χ3n) is 3.14. The van der Waals surface area contributed by atoms with E-state index >= 15 is 0 Å². The largest absolute Gasteiger partial charge is 2.00 e.